The van der Waals surface area contributed by atoms with Gasteiger partial charge in [0.2, 0.25) is 0 Å². The Morgan fingerprint density at radius 3 is 3.00 bits per heavy atom. The van der Waals surface area contributed by atoms with E-state index in [4.69, 9.17) is 16.0 Å². The van der Waals surface area contributed by atoms with Crippen molar-refractivity contribution >= 4 is 34.3 Å². The number of nitrogens with one attached hydrogen (secondary N) is 1. The number of nitrogens with zero attached hydrogens (tertiary/aromatic N) is 1. The smallest absolute Gasteiger partial charge is 0.162 e. The molecule has 3 rings (SSSR count). The van der Waals surface area contributed by atoms with Gasteiger partial charge in [0, 0.05) is 23.3 Å². The molecule has 0 amide bonds. The van der Waals surface area contributed by atoms with E-state index >= 15 is 0 Å². The second-order valence-corrected chi connectivity index (χ2v) is 7.01. The van der Waals surface area contributed by atoms with E-state index in [0.717, 1.165) is 21.3 Å². The molecular formula is C14H13ClN2O2S2. The van der Waals surface area contributed by atoms with Crippen molar-refractivity contribution in [3.05, 3.63) is 50.8 Å². The van der Waals surface area contributed by atoms with Crippen molar-refractivity contribution < 1.29 is 9.52 Å². The van der Waals surface area contributed by atoms with Crippen LogP contribution in [0.15, 0.2) is 40.3 Å². The molecule has 0 spiro atoms. The van der Waals surface area contributed by atoms with Gasteiger partial charge in [0.05, 0.1) is 16.3 Å². The molecule has 0 aromatic carbocycles. The molecule has 0 fully saturated rings. The van der Waals surface area contributed by atoms with Gasteiger partial charge in [0.15, 0.2) is 10.8 Å². The van der Waals surface area contributed by atoms with Gasteiger partial charge in [-0.25, -0.2) is 4.98 Å². The minimum atomic E-state index is -0.550. The molecule has 7 heteroatoms. The van der Waals surface area contributed by atoms with Crippen LogP contribution in [0.25, 0.3) is 10.8 Å². The van der Waals surface area contributed by atoms with Crippen molar-refractivity contribution in [1.82, 2.24) is 10.3 Å². The first-order valence-electron chi connectivity index (χ1n) is 6.34. The Labute approximate surface area is 135 Å². The van der Waals surface area contributed by atoms with Crippen molar-refractivity contribution in [1.29, 1.82) is 0 Å². The largest absolute Gasteiger partial charge is 0.462 e. The number of aliphatic hydroxyl groups is 1. The molecule has 110 valence electrons. The lowest BCUT2D eigenvalue weighted by Crippen LogP contribution is -2.20. The Morgan fingerprint density at radius 1 is 1.38 bits per heavy atom. The third-order valence-electron chi connectivity index (χ3n) is 2.85. The van der Waals surface area contributed by atoms with Crippen LogP contribution >= 0.6 is 34.3 Å². The van der Waals surface area contributed by atoms with Gasteiger partial charge in [0.1, 0.15) is 6.10 Å². The van der Waals surface area contributed by atoms with Gasteiger partial charge in [-0.3, -0.25) is 0 Å². The summed E-state index contributed by atoms with van der Waals surface area (Å²) in [5, 5.41) is 16.1. The summed E-state index contributed by atoms with van der Waals surface area (Å²) in [5.74, 6) is 0.777. The molecule has 3 aromatic heterocycles. The Hall–Kier alpha value is -1.18. The van der Waals surface area contributed by atoms with Crippen molar-refractivity contribution in [3.8, 4) is 10.8 Å². The number of rotatable bonds is 6. The lowest BCUT2D eigenvalue weighted by molar-refractivity contribution is 0.178. The zero-order valence-electron chi connectivity index (χ0n) is 11.0. The van der Waals surface area contributed by atoms with Crippen LogP contribution in [-0.2, 0) is 6.54 Å². The monoisotopic (exact) mass is 340 g/mol. The van der Waals surface area contributed by atoms with E-state index < -0.39 is 6.10 Å². The summed E-state index contributed by atoms with van der Waals surface area (Å²) in [6, 6.07) is 7.37. The number of thiazole rings is 1. The summed E-state index contributed by atoms with van der Waals surface area (Å²) >= 11 is 8.79. The van der Waals surface area contributed by atoms with Crippen LogP contribution in [0, 0.1) is 0 Å². The van der Waals surface area contributed by atoms with Crippen LogP contribution in [0.3, 0.4) is 0 Å². The van der Waals surface area contributed by atoms with Gasteiger partial charge in [0.25, 0.3) is 0 Å². The van der Waals surface area contributed by atoms with Crippen LogP contribution in [0.2, 0.25) is 4.34 Å². The molecule has 1 atom stereocenters. The zero-order chi connectivity index (χ0) is 14.7. The molecule has 3 heterocycles. The Balaban J connectivity index is 1.51. The first-order chi connectivity index (χ1) is 10.2. The van der Waals surface area contributed by atoms with Gasteiger partial charge >= 0.3 is 0 Å². The fourth-order valence-corrected chi connectivity index (χ4v) is 3.68. The van der Waals surface area contributed by atoms with E-state index in [9.17, 15) is 5.11 Å². The first-order valence-corrected chi connectivity index (χ1v) is 8.42. The summed E-state index contributed by atoms with van der Waals surface area (Å²) in [5.41, 5.74) is 0.933. The topological polar surface area (TPSA) is 58.3 Å². The van der Waals surface area contributed by atoms with Crippen LogP contribution < -0.4 is 5.32 Å². The van der Waals surface area contributed by atoms with Crippen LogP contribution in [-0.4, -0.2) is 16.6 Å². The molecule has 2 N–H and O–H groups in total. The first kappa shape index (κ1) is 14.7. The summed E-state index contributed by atoms with van der Waals surface area (Å²) in [4.78, 5) is 5.35. The Morgan fingerprint density at radius 2 is 2.29 bits per heavy atom. The van der Waals surface area contributed by atoms with Crippen LogP contribution in [0.4, 0.5) is 0 Å². The maximum absolute atomic E-state index is 10.0. The van der Waals surface area contributed by atoms with Crippen molar-refractivity contribution in [2.24, 2.45) is 0 Å². The van der Waals surface area contributed by atoms with E-state index in [1.165, 1.54) is 11.3 Å². The number of furan rings is 1. The summed E-state index contributed by atoms with van der Waals surface area (Å²) < 4.78 is 6.00. The second kappa shape index (κ2) is 6.72. The Kier molecular flexibility index (Phi) is 4.72. The molecule has 0 saturated heterocycles. The predicted molar refractivity (Wildman–Crippen MR) is 85.8 cm³/mol. The van der Waals surface area contributed by atoms with Crippen molar-refractivity contribution in [2.75, 3.05) is 6.54 Å². The molecule has 0 bridgehead atoms. The molecule has 0 aliphatic heterocycles. The molecule has 1 unspecified atom stereocenters. The van der Waals surface area contributed by atoms with Gasteiger partial charge in [-0.05, 0) is 24.3 Å². The van der Waals surface area contributed by atoms with E-state index in [-0.39, 0.29) is 0 Å². The number of aromatic nitrogens is 1. The predicted octanol–water partition coefficient (Wildman–Crippen LogP) is 3.94. The average molecular weight is 341 g/mol. The second-order valence-electron chi connectivity index (χ2n) is 4.41. The van der Waals surface area contributed by atoms with Gasteiger partial charge in [-0.1, -0.05) is 11.6 Å². The highest BCUT2D eigenvalue weighted by molar-refractivity contribution is 7.16. The molecule has 0 saturated carbocycles. The van der Waals surface area contributed by atoms with Crippen molar-refractivity contribution in [3.63, 3.8) is 0 Å². The maximum Gasteiger partial charge on any atom is 0.162 e. The molecule has 0 aliphatic rings. The van der Waals surface area contributed by atoms with Crippen LogP contribution in [0.1, 0.15) is 16.7 Å². The van der Waals surface area contributed by atoms with E-state index in [1.807, 2.05) is 23.6 Å². The van der Waals surface area contributed by atoms with Gasteiger partial charge in [-0.2, -0.15) is 0 Å². The quantitative estimate of drug-likeness (QED) is 0.713. The summed E-state index contributed by atoms with van der Waals surface area (Å²) in [6.45, 7) is 1.07. The molecule has 0 radical (unpaired) electrons. The third-order valence-corrected chi connectivity index (χ3v) is 5.09. The highest BCUT2D eigenvalue weighted by Gasteiger charge is 2.11. The maximum atomic E-state index is 10.0. The summed E-state index contributed by atoms with van der Waals surface area (Å²) in [7, 11) is 0. The molecule has 4 nitrogen and oxygen atoms in total. The minimum Gasteiger partial charge on any atom is -0.462 e. The van der Waals surface area contributed by atoms with Crippen LogP contribution in [0.5, 0.6) is 0 Å². The highest BCUT2D eigenvalue weighted by atomic mass is 35.5. The molecule has 21 heavy (non-hydrogen) atoms. The number of thiophene rings is 1. The molecular weight excluding hydrogens is 328 g/mol. The van der Waals surface area contributed by atoms with E-state index in [1.54, 1.807) is 23.7 Å². The molecule has 0 aliphatic carbocycles. The van der Waals surface area contributed by atoms with Gasteiger partial charge < -0.3 is 14.8 Å². The zero-order valence-corrected chi connectivity index (χ0v) is 13.3. The minimum absolute atomic E-state index is 0.463. The third kappa shape index (κ3) is 3.72. The number of hydrogen-bond donors (Lipinski definition) is 2. The lowest BCUT2D eigenvalue weighted by Gasteiger charge is -2.08. The lowest BCUT2D eigenvalue weighted by atomic mass is 10.3. The van der Waals surface area contributed by atoms with Gasteiger partial charge in [-0.15, -0.1) is 22.7 Å². The standard InChI is InChI=1S/C14H13ClN2O2S2/c15-13-4-3-12(21-13)10(18)7-16-6-9-8-20-14(17-9)11-2-1-5-19-11/h1-5,8,10,16,18H,6-7H2. The number of halogens is 1. The normalized spacial score (nSPS) is 12.7. The molecule has 3 aromatic rings. The summed E-state index contributed by atoms with van der Waals surface area (Å²) in [6.07, 6.45) is 1.09. The SMILES string of the molecule is OC(CNCc1csc(-c2ccco2)n1)c1ccc(Cl)s1. The van der Waals surface area contributed by atoms with E-state index in [0.29, 0.717) is 17.4 Å². The highest BCUT2D eigenvalue weighted by Crippen LogP contribution is 2.27. The number of hydrogen-bond acceptors (Lipinski definition) is 6. The Bertz CT molecular complexity index is 693. The fraction of sp³-hybridized carbons (Fsp3) is 0.214. The van der Waals surface area contributed by atoms with E-state index in [2.05, 4.69) is 10.3 Å². The average Bonchev–Trinajstić information content (AvgIpc) is 3.19. The fourth-order valence-electron chi connectivity index (χ4n) is 1.85. The van der Waals surface area contributed by atoms with Crippen molar-refractivity contribution in [2.45, 2.75) is 12.6 Å². The number of aliphatic hydroxyl groups excluding tert-OH is 1.